The number of carbonyl (C=O) groups excluding carboxylic acids is 1. The standard InChI is InChI=1S/C18H23N3O2/c1-4-5-10-19-17-9-7-14(12-20-17)18(22)21-15-11-13(2)6-8-16(15)23-3/h6-9,11-12H,4-5,10H2,1-3H3,(H,19,20)(H,21,22). The van der Waals surface area contributed by atoms with Gasteiger partial charge in [0.05, 0.1) is 18.4 Å². The third kappa shape index (κ3) is 4.71. The van der Waals surface area contributed by atoms with Crippen LogP contribution in [0.5, 0.6) is 5.75 Å². The molecule has 1 heterocycles. The van der Waals surface area contributed by atoms with Gasteiger partial charge in [0, 0.05) is 12.7 Å². The van der Waals surface area contributed by atoms with E-state index in [2.05, 4.69) is 22.5 Å². The Morgan fingerprint density at radius 2 is 2.09 bits per heavy atom. The van der Waals surface area contributed by atoms with Crippen molar-refractivity contribution in [2.24, 2.45) is 0 Å². The second-order valence-electron chi connectivity index (χ2n) is 5.37. The van der Waals surface area contributed by atoms with Crippen molar-refractivity contribution in [1.82, 2.24) is 4.98 Å². The van der Waals surface area contributed by atoms with Crippen molar-refractivity contribution in [3.63, 3.8) is 0 Å². The van der Waals surface area contributed by atoms with Gasteiger partial charge in [-0.05, 0) is 43.2 Å². The van der Waals surface area contributed by atoms with E-state index in [0.717, 1.165) is 30.8 Å². The fraction of sp³-hybridized carbons (Fsp3) is 0.333. The van der Waals surface area contributed by atoms with Gasteiger partial charge >= 0.3 is 0 Å². The van der Waals surface area contributed by atoms with E-state index >= 15 is 0 Å². The lowest BCUT2D eigenvalue weighted by molar-refractivity contribution is 0.102. The number of rotatable bonds is 7. The van der Waals surface area contributed by atoms with Crippen LogP contribution in [0.25, 0.3) is 0 Å². The van der Waals surface area contributed by atoms with Crippen LogP contribution in [0.3, 0.4) is 0 Å². The molecule has 1 amide bonds. The molecule has 0 fully saturated rings. The summed E-state index contributed by atoms with van der Waals surface area (Å²) in [5.41, 5.74) is 2.21. The van der Waals surface area contributed by atoms with Crippen molar-refractivity contribution in [2.75, 3.05) is 24.3 Å². The van der Waals surface area contributed by atoms with Crippen molar-refractivity contribution in [3.8, 4) is 5.75 Å². The number of hydrogen-bond donors (Lipinski definition) is 2. The second-order valence-corrected chi connectivity index (χ2v) is 5.37. The number of methoxy groups -OCH3 is 1. The first kappa shape index (κ1) is 16.8. The van der Waals surface area contributed by atoms with E-state index in [0.29, 0.717) is 17.0 Å². The van der Waals surface area contributed by atoms with Gasteiger partial charge in [-0.2, -0.15) is 0 Å². The maximum Gasteiger partial charge on any atom is 0.257 e. The monoisotopic (exact) mass is 313 g/mol. The first-order valence-electron chi connectivity index (χ1n) is 7.80. The fourth-order valence-corrected chi connectivity index (χ4v) is 2.14. The summed E-state index contributed by atoms with van der Waals surface area (Å²) in [4.78, 5) is 16.6. The molecule has 2 N–H and O–H groups in total. The summed E-state index contributed by atoms with van der Waals surface area (Å²) in [6.45, 7) is 4.99. The molecule has 2 rings (SSSR count). The quantitative estimate of drug-likeness (QED) is 0.762. The molecular weight excluding hydrogens is 290 g/mol. The zero-order valence-electron chi connectivity index (χ0n) is 13.8. The van der Waals surface area contributed by atoms with Crippen molar-refractivity contribution >= 4 is 17.4 Å². The van der Waals surface area contributed by atoms with Crippen LogP contribution in [0.4, 0.5) is 11.5 Å². The lowest BCUT2D eigenvalue weighted by Crippen LogP contribution is -2.13. The minimum atomic E-state index is -0.207. The molecule has 0 aliphatic heterocycles. The average Bonchev–Trinajstić information content (AvgIpc) is 2.56. The minimum Gasteiger partial charge on any atom is -0.495 e. The number of carbonyl (C=O) groups is 1. The van der Waals surface area contributed by atoms with Crippen molar-refractivity contribution in [3.05, 3.63) is 47.7 Å². The number of ether oxygens (including phenoxy) is 1. The number of pyridine rings is 1. The first-order chi connectivity index (χ1) is 11.1. The molecule has 0 aliphatic rings. The molecule has 5 nitrogen and oxygen atoms in total. The molecule has 122 valence electrons. The highest BCUT2D eigenvalue weighted by Crippen LogP contribution is 2.25. The molecule has 0 bridgehead atoms. The minimum absolute atomic E-state index is 0.207. The maximum absolute atomic E-state index is 12.3. The molecule has 0 atom stereocenters. The number of hydrogen-bond acceptors (Lipinski definition) is 4. The lowest BCUT2D eigenvalue weighted by atomic mass is 10.2. The zero-order valence-corrected chi connectivity index (χ0v) is 13.8. The highest BCUT2D eigenvalue weighted by Gasteiger charge is 2.10. The molecule has 0 spiro atoms. The number of aryl methyl sites for hydroxylation is 1. The van der Waals surface area contributed by atoms with Crippen molar-refractivity contribution in [1.29, 1.82) is 0 Å². The van der Waals surface area contributed by atoms with Crippen LogP contribution < -0.4 is 15.4 Å². The number of nitrogens with zero attached hydrogens (tertiary/aromatic N) is 1. The molecule has 2 aromatic rings. The van der Waals surface area contributed by atoms with Gasteiger partial charge in [-0.25, -0.2) is 4.98 Å². The molecule has 1 aromatic carbocycles. The van der Waals surface area contributed by atoms with Gasteiger partial charge in [0.15, 0.2) is 0 Å². The number of anilines is 2. The Bertz CT molecular complexity index is 654. The predicted octanol–water partition coefficient (Wildman–Crippen LogP) is 3.86. The van der Waals surface area contributed by atoms with Gasteiger partial charge in [0.2, 0.25) is 0 Å². The molecule has 23 heavy (non-hydrogen) atoms. The van der Waals surface area contributed by atoms with Crippen molar-refractivity contribution in [2.45, 2.75) is 26.7 Å². The van der Waals surface area contributed by atoms with Crippen LogP contribution in [-0.4, -0.2) is 24.5 Å². The van der Waals surface area contributed by atoms with Gasteiger partial charge in [0.25, 0.3) is 5.91 Å². The largest absolute Gasteiger partial charge is 0.495 e. The van der Waals surface area contributed by atoms with Crippen LogP contribution in [0.2, 0.25) is 0 Å². The smallest absolute Gasteiger partial charge is 0.257 e. The lowest BCUT2D eigenvalue weighted by Gasteiger charge is -2.11. The Kier molecular flexibility index (Phi) is 5.97. The maximum atomic E-state index is 12.3. The zero-order chi connectivity index (χ0) is 16.7. The van der Waals surface area contributed by atoms with E-state index in [9.17, 15) is 4.79 Å². The summed E-state index contributed by atoms with van der Waals surface area (Å²) in [7, 11) is 1.58. The van der Waals surface area contributed by atoms with E-state index in [1.165, 1.54) is 0 Å². The van der Waals surface area contributed by atoms with Crippen molar-refractivity contribution < 1.29 is 9.53 Å². The van der Waals surface area contributed by atoms with E-state index in [1.54, 1.807) is 19.4 Å². The number of nitrogens with one attached hydrogen (secondary N) is 2. The third-order valence-corrected chi connectivity index (χ3v) is 3.47. The van der Waals surface area contributed by atoms with E-state index in [-0.39, 0.29) is 5.91 Å². The summed E-state index contributed by atoms with van der Waals surface area (Å²) < 4.78 is 5.27. The summed E-state index contributed by atoms with van der Waals surface area (Å²) in [6, 6.07) is 9.23. The number of amides is 1. The summed E-state index contributed by atoms with van der Waals surface area (Å²) >= 11 is 0. The molecule has 0 aliphatic carbocycles. The topological polar surface area (TPSA) is 63.2 Å². The van der Waals surface area contributed by atoms with Crippen LogP contribution in [-0.2, 0) is 0 Å². The number of benzene rings is 1. The highest BCUT2D eigenvalue weighted by atomic mass is 16.5. The molecule has 0 saturated carbocycles. The summed E-state index contributed by atoms with van der Waals surface area (Å²) in [5.74, 6) is 1.21. The number of aromatic nitrogens is 1. The number of unbranched alkanes of at least 4 members (excludes halogenated alkanes) is 1. The van der Waals surface area contributed by atoms with E-state index < -0.39 is 0 Å². The molecule has 5 heteroatoms. The molecule has 0 saturated heterocycles. The Morgan fingerprint density at radius 1 is 1.26 bits per heavy atom. The van der Waals surface area contributed by atoms with E-state index in [4.69, 9.17) is 4.74 Å². The van der Waals surface area contributed by atoms with Crippen LogP contribution in [0.1, 0.15) is 35.7 Å². The second kappa shape index (κ2) is 8.17. The molecule has 0 unspecified atom stereocenters. The molecular formula is C18H23N3O2. The summed E-state index contributed by atoms with van der Waals surface area (Å²) in [5, 5.41) is 6.09. The predicted molar refractivity (Wildman–Crippen MR) is 93.3 cm³/mol. The normalized spacial score (nSPS) is 10.2. The molecule has 1 aromatic heterocycles. The molecule has 0 radical (unpaired) electrons. The average molecular weight is 313 g/mol. The van der Waals surface area contributed by atoms with Gasteiger partial charge in [-0.1, -0.05) is 19.4 Å². The highest BCUT2D eigenvalue weighted by molar-refractivity contribution is 6.05. The van der Waals surface area contributed by atoms with Gasteiger partial charge in [0.1, 0.15) is 11.6 Å². The van der Waals surface area contributed by atoms with Gasteiger partial charge < -0.3 is 15.4 Å². The third-order valence-electron chi connectivity index (χ3n) is 3.47. The van der Waals surface area contributed by atoms with Crippen LogP contribution in [0, 0.1) is 6.92 Å². The Balaban J connectivity index is 2.05. The SMILES string of the molecule is CCCCNc1ccc(C(=O)Nc2cc(C)ccc2OC)cn1. The van der Waals surface area contributed by atoms with Crippen LogP contribution >= 0.6 is 0 Å². The first-order valence-corrected chi connectivity index (χ1v) is 7.80. The Hall–Kier alpha value is -2.56. The van der Waals surface area contributed by atoms with Gasteiger partial charge in [-0.15, -0.1) is 0 Å². The van der Waals surface area contributed by atoms with Crippen LogP contribution in [0.15, 0.2) is 36.5 Å². The fourth-order valence-electron chi connectivity index (χ4n) is 2.14. The van der Waals surface area contributed by atoms with E-state index in [1.807, 2.05) is 31.2 Å². The Morgan fingerprint density at radius 3 is 2.74 bits per heavy atom. The Labute approximate surface area is 137 Å². The van der Waals surface area contributed by atoms with Gasteiger partial charge in [-0.3, -0.25) is 4.79 Å². The summed E-state index contributed by atoms with van der Waals surface area (Å²) in [6.07, 6.45) is 3.80.